The zero-order valence-electron chi connectivity index (χ0n) is 9.46. The number of hydrogen-bond donors (Lipinski definition) is 0. The Hall–Kier alpha value is -1.28. The predicted molar refractivity (Wildman–Crippen MR) is 67.2 cm³/mol. The first-order valence-electron chi connectivity index (χ1n) is 5.42. The lowest BCUT2D eigenvalue weighted by molar-refractivity contribution is 0.101. The first-order chi connectivity index (χ1) is 7.63. The molecule has 0 unspecified atom stereocenters. The van der Waals surface area contributed by atoms with Crippen molar-refractivity contribution >= 4 is 28.3 Å². The molecule has 0 atom stereocenters. The van der Waals surface area contributed by atoms with Crippen LogP contribution in [0.1, 0.15) is 30.6 Å². The third-order valence-corrected chi connectivity index (χ3v) is 2.92. The Kier molecular flexibility index (Phi) is 3.01. The van der Waals surface area contributed by atoms with Gasteiger partial charge in [0.1, 0.15) is 0 Å². The first kappa shape index (κ1) is 11.2. The van der Waals surface area contributed by atoms with Gasteiger partial charge in [0.25, 0.3) is 0 Å². The van der Waals surface area contributed by atoms with E-state index in [1.54, 1.807) is 6.92 Å². The van der Waals surface area contributed by atoms with E-state index in [1.165, 1.54) is 0 Å². The molecule has 0 aliphatic rings. The Morgan fingerprint density at radius 1 is 1.44 bits per heavy atom. The van der Waals surface area contributed by atoms with Gasteiger partial charge in [-0.15, -0.1) is 0 Å². The quantitative estimate of drug-likeness (QED) is 0.740. The van der Waals surface area contributed by atoms with Gasteiger partial charge in [0.05, 0.1) is 0 Å². The molecule has 2 rings (SSSR count). The molecule has 1 heterocycles. The van der Waals surface area contributed by atoms with Crippen molar-refractivity contribution in [3.8, 4) is 0 Å². The predicted octanol–water partition coefficient (Wildman–Crippen LogP) is 3.91. The third kappa shape index (κ3) is 1.85. The van der Waals surface area contributed by atoms with Crippen molar-refractivity contribution < 1.29 is 4.79 Å². The number of Topliss-reactive ketones (excluding diaryl/α,β-unsaturated/α-hetero) is 1. The maximum absolute atomic E-state index is 11.5. The highest BCUT2D eigenvalue weighted by atomic mass is 35.5. The van der Waals surface area contributed by atoms with E-state index in [-0.39, 0.29) is 5.78 Å². The van der Waals surface area contributed by atoms with E-state index >= 15 is 0 Å². The number of aromatic nitrogens is 1. The number of nitrogens with zero attached hydrogens (tertiary/aromatic N) is 1. The number of fused-ring (bicyclic) bond motifs is 1. The van der Waals surface area contributed by atoms with Gasteiger partial charge in [-0.05, 0) is 31.5 Å². The normalized spacial score (nSPS) is 10.9. The largest absolute Gasteiger partial charge is 0.347 e. The van der Waals surface area contributed by atoms with E-state index in [4.69, 9.17) is 11.6 Å². The molecule has 0 aliphatic heterocycles. The van der Waals surface area contributed by atoms with Crippen LogP contribution in [-0.2, 0) is 6.54 Å². The summed E-state index contributed by atoms with van der Waals surface area (Å²) in [5.74, 6) is 0.0853. The van der Waals surface area contributed by atoms with Gasteiger partial charge in [-0.3, -0.25) is 4.79 Å². The van der Waals surface area contributed by atoms with Gasteiger partial charge >= 0.3 is 0 Å². The average Bonchev–Trinajstić information content (AvgIpc) is 2.57. The van der Waals surface area contributed by atoms with Gasteiger partial charge in [-0.25, -0.2) is 0 Å². The highest BCUT2D eigenvalue weighted by Gasteiger charge is 2.11. The fourth-order valence-corrected chi connectivity index (χ4v) is 2.15. The summed E-state index contributed by atoms with van der Waals surface area (Å²) in [5.41, 5.74) is 1.84. The molecular formula is C13H14ClNO. The third-order valence-electron chi connectivity index (χ3n) is 2.69. The summed E-state index contributed by atoms with van der Waals surface area (Å²) >= 11 is 5.96. The fraction of sp³-hybridized carbons (Fsp3) is 0.308. The van der Waals surface area contributed by atoms with Crippen LogP contribution in [0.4, 0.5) is 0 Å². The molecule has 2 aromatic rings. The van der Waals surface area contributed by atoms with E-state index in [2.05, 4.69) is 11.5 Å². The molecule has 0 amide bonds. The van der Waals surface area contributed by atoms with Gasteiger partial charge < -0.3 is 4.57 Å². The molecule has 16 heavy (non-hydrogen) atoms. The van der Waals surface area contributed by atoms with Crippen molar-refractivity contribution in [3.05, 3.63) is 35.0 Å². The minimum atomic E-state index is 0.0853. The van der Waals surface area contributed by atoms with Crippen LogP contribution in [0.15, 0.2) is 24.4 Å². The van der Waals surface area contributed by atoms with E-state index in [0.29, 0.717) is 5.02 Å². The number of aryl methyl sites for hydroxylation is 1. The summed E-state index contributed by atoms with van der Waals surface area (Å²) in [5, 5.41) is 1.62. The molecule has 0 N–H and O–H groups in total. The van der Waals surface area contributed by atoms with Crippen LogP contribution < -0.4 is 0 Å². The van der Waals surface area contributed by atoms with Crippen LogP contribution >= 0.6 is 11.6 Å². The van der Waals surface area contributed by atoms with E-state index in [1.807, 2.05) is 24.4 Å². The number of carbonyl (C=O) groups is 1. The Balaban J connectivity index is 2.71. The molecule has 3 heteroatoms. The highest BCUT2D eigenvalue weighted by Crippen LogP contribution is 2.25. The molecule has 2 nitrogen and oxygen atoms in total. The summed E-state index contributed by atoms with van der Waals surface area (Å²) < 4.78 is 2.11. The molecule has 0 saturated heterocycles. The number of hydrogen-bond acceptors (Lipinski definition) is 1. The number of rotatable bonds is 3. The Morgan fingerprint density at radius 3 is 2.81 bits per heavy atom. The second-order valence-electron chi connectivity index (χ2n) is 3.95. The van der Waals surface area contributed by atoms with Gasteiger partial charge in [-0.1, -0.05) is 18.5 Å². The van der Waals surface area contributed by atoms with Crippen molar-refractivity contribution in [1.29, 1.82) is 0 Å². The number of carbonyl (C=O) groups excluding carboxylic acids is 1. The first-order valence-corrected chi connectivity index (χ1v) is 5.80. The van der Waals surface area contributed by atoms with Gasteiger partial charge in [0.15, 0.2) is 5.78 Å². The minimum Gasteiger partial charge on any atom is -0.347 e. The van der Waals surface area contributed by atoms with Crippen LogP contribution in [0.25, 0.3) is 10.9 Å². The van der Waals surface area contributed by atoms with Crippen molar-refractivity contribution in [2.45, 2.75) is 26.8 Å². The van der Waals surface area contributed by atoms with Crippen molar-refractivity contribution in [1.82, 2.24) is 4.57 Å². The Bertz CT molecular complexity index is 542. The van der Waals surface area contributed by atoms with Crippen LogP contribution in [-0.4, -0.2) is 10.4 Å². The van der Waals surface area contributed by atoms with Crippen molar-refractivity contribution in [3.63, 3.8) is 0 Å². The lowest BCUT2D eigenvalue weighted by atomic mass is 10.1. The van der Waals surface area contributed by atoms with E-state index in [9.17, 15) is 4.79 Å². The smallest absolute Gasteiger partial charge is 0.161 e. The van der Waals surface area contributed by atoms with Gasteiger partial charge in [0.2, 0.25) is 0 Å². The number of halogens is 1. The number of benzene rings is 1. The zero-order chi connectivity index (χ0) is 11.7. The second-order valence-corrected chi connectivity index (χ2v) is 4.39. The number of ketones is 1. The topological polar surface area (TPSA) is 22.0 Å². The summed E-state index contributed by atoms with van der Waals surface area (Å²) in [6, 6.07) is 5.69. The van der Waals surface area contributed by atoms with Crippen LogP contribution in [0, 0.1) is 0 Å². The monoisotopic (exact) mass is 235 g/mol. The fourth-order valence-electron chi connectivity index (χ4n) is 1.98. The SMILES string of the molecule is CCCn1cc(C(C)=O)c2cc(Cl)ccc21. The highest BCUT2D eigenvalue weighted by molar-refractivity contribution is 6.31. The second kappa shape index (κ2) is 4.30. The molecule has 0 saturated carbocycles. The van der Waals surface area contributed by atoms with Crippen LogP contribution in [0.3, 0.4) is 0 Å². The maximum Gasteiger partial charge on any atom is 0.161 e. The van der Waals surface area contributed by atoms with Crippen LogP contribution in [0.5, 0.6) is 0 Å². The van der Waals surface area contributed by atoms with Crippen LogP contribution in [0.2, 0.25) is 5.02 Å². The summed E-state index contributed by atoms with van der Waals surface area (Å²) in [4.78, 5) is 11.5. The van der Waals surface area contributed by atoms with Crippen molar-refractivity contribution in [2.75, 3.05) is 0 Å². The summed E-state index contributed by atoms with van der Waals surface area (Å²) in [6.07, 6.45) is 2.97. The Labute approximate surface area is 99.8 Å². The molecular weight excluding hydrogens is 222 g/mol. The maximum atomic E-state index is 11.5. The minimum absolute atomic E-state index is 0.0853. The summed E-state index contributed by atoms with van der Waals surface area (Å²) in [7, 11) is 0. The van der Waals surface area contributed by atoms with Gasteiger partial charge in [0, 0.05) is 34.2 Å². The molecule has 1 aromatic heterocycles. The molecule has 0 radical (unpaired) electrons. The molecule has 1 aromatic carbocycles. The lowest BCUT2D eigenvalue weighted by Crippen LogP contribution is -1.94. The zero-order valence-corrected chi connectivity index (χ0v) is 10.2. The molecule has 84 valence electrons. The van der Waals surface area contributed by atoms with E-state index < -0.39 is 0 Å². The molecule has 0 fully saturated rings. The van der Waals surface area contributed by atoms with Crippen molar-refractivity contribution in [2.24, 2.45) is 0 Å². The van der Waals surface area contributed by atoms with Gasteiger partial charge in [-0.2, -0.15) is 0 Å². The molecule has 0 spiro atoms. The molecule has 0 bridgehead atoms. The standard InChI is InChI=1S/C13H14ClNO/c1-3-6-15-8-12(9(2)16)11-7-10(14)4-5-13(11)15/h4-5,7-8H,3,6H2,1-2H3. The Morgan fingerprint density at radius 2 is 2.19 bits per heavy atom. The average molecular weight is 236 g/mol. The van der Waals surface area contributed by atoms with E-state index in [0.717, 1.165) is 29.4 Å². The summed E-state index contributed by atoms with van der Waals surface area (Å²) in [6.45, 7) is 4.63. The lowest BCUT2D eigenvalue weighted by Gasteiger charge is -2.01. The molecule has 0 aliphatic carbocycles.